The first-order chi connectivity index (χ1) is 28.5. The molecule has 0 aliphatic heterocycles. The highest BCUT2D eigenvalue weighted by Gasteiger charge is 2.29. The summed E-state index contributed by atoms with van der Waals surface area (Å²) in [6, 6.07) is 12.1. The second-order valence-electron chi connectivity index (χ2n) is 11.8. The Balaban J connectivity index is 1.65. The predicted octanol–water partition coefficient (Wildman–Crippen LogP) is 8.16. The van der Waals surface area contributed by atoms with Crippen molar-refractivity contribution < 1.29 is 82.0 Å². The summed E-state index contributed by atoms with van der Waals surface area (Å²) in [4.78, 5) is 50.8. The maximum atomic E-state index is 14.4. The van der Waals surface area contributed by atoms with Crippen molar-refractivity contribution in [2.75, 3.05) is 14.2 Å². The van der Waals surface area contributed by atoms with E-state index in [0.29, 0.717) is 0 Å². The fourth-order valence-electron chi connectivity index (χ4n) is 5.02. The molecule has 8 nitrogen and oxygen atoms in total. The molecule has 0 radical (unpaired) electrons. The lowest BCUT2D eigenvalue weighted by molar-refractivity contribution is 0.0447. The summed E-state index contributed by atoms with van der Waals surface area (Å²) in [5.41, 5.74) is -4.90. The number of halogens is 10. The van der Waals surface area contributed by atoms with Crippen molar-refractivity contribution in [3.63, 3.8) is 0 Å². The summed E-state index contributed by atoms with van der Waals surface area (Å²) >= 11 is 0. The number of carbonyl (C=O) groups excluding carboxylic acids is 4. The van der Waals surface area contributed by atoms with Crippen molar-refractivity contribution in [2.45, 2.75) is 13.2 Å². The average molecular weight is 843 g/mol. The summed E-state index contributed by atoms with van der Waals surface area (Å²) in [5, 5.41) is 0. The molecule has 18 heteroatoms. The summed E-state index contributed by atoms with van der Waals surface area (Å²) in [6.45, 7) is -3.07. The smallest absolute Gasteiger partial charge is 0.339 e. The van der Waals surface area contributed by atoms with Gasteiger partial charge in [0.05, 0.1) is 47.6 Å². The summed E-state index contributed by atoms with van der Waals surface area (Å²) in [5.74, 6) is -17.9. The first kappa shape index (κ1) is 43.5. The van der Waals surface area contributed by atoms with E-state index in [9.17, 15) is 63.1 Å². The van der Waals surface area contributed by atoms with Gasteiger partial charge in [0, 0.05) is 22.3 Å². The van der Waals surface area contributed by atoms with Gasteiger partial charge in [0.15, 0.2) is 46.5 Å². The van der Waals surface area contributed by atoms with E-state index in [1.165, 1.54) is 48.5 Å². The van der Waals surface area contributed by atoms with Crippen molar-refractivity contribution >= 4 is 23.9 Å². The molecule has 5 aromatic carbocycles. The Bertz CT molecular complexity index is 2470. The molecular formula is C42H20F10O8. The van der Waals surface area contributed by atoms with E-state index in [1.54, 1.807) is 0 Å². The van der Waals surface area contributed by atoms with E-state index >= 15 is 0 Å². The summed E-state index contributed by atoms with van der Waals surface area (Å²) in [7, 11) is 2.26. The molecule has 0 fully saturated rings. The highest BCUT2D eigenvalue weighted by Crippen LogP contribution is 2.27. The molecule has 0 heterocycles. The van der Waals surface area contributed by atoms with Gasteiger partial charge in [-0.2, -0.15) is 0 Å². The third-order valence-corrected chi connectivity index (χ3v) is 8.19. The van der Waals surface area contributed by atoms with Crippen LogP contribution in [0.1, 0.15) is 74.8 Å². The molecule has 0 spiro atoms. The van der Waals surface area contributed by atoms with Gasteiger partial charge in [0.1, 0.15) is 13.2 Å². The van der Waals surface area contributed by atoms with E-state index in [4.69, 9.17) is 9.47 Å². The Morgan fingerprint density at radius 3 is 0.983 bits per heavy atom. The van der Waals surface area contributed by atoms with Crippen LogP contribution in [0.15, 0.2) is 60.7 Å². The minimum atomic E-state index is -2.48. The monoisotopic (exact) mass is 842 g/mol. The Morgan fingerprint density at radius 1 is 0.417 bits per heavy atom. The molecule has 0 aromatic heterocycles. The third kappa shape index (κ3) is 9.08. The Kier molecular flexibility index (Phi) is 13.3. The molecule has 0 atom stereocenters. The number of methoxy groups -OCH3 is 2. The number of rotatable bonds is 8. The van der Waals surface area contributed by atoms with Crippen LogP contribution in [0.5, 0.6) is 0 Å². The molecule has 0 saturated heterocycles. The molecule has 0 bridgehead atoms. The lowest BCUT2D eigenvalue weighted by Crippen LogP contribution is -2.15. The van der Waals surface area contributed by atoms with Gasteiger partial charge < -0.3 is 18.9 Å². The second kappa shape index (κ2) is 18.3. The SMILES string of the molecule is COC(=O)c1ccc(C#Cc2cc(C(=O)OCc3c(F)c(F)c(F)c(F)c3F)c(C#Cc3ccc(C(=O)OC)cc3)cc2C(=O)OCc2c(F)c(F)c(F)c(F)c2F)cc1. The highest BCUT2D eigenvalue weighted by molar-refractivity contribution is 5.98. The zero-order valence-electron chi connectivity index (χ0n) is 30.2. The molecule has 0 N–H and O–H groups in total. The van der Waals surface area contributed by atoms with Gasteiger partial charge in [0.2, 0.25) is 11.6 Å². The first-order valence-corrected chi connectivity index (χ1v) is 16.4. The van der Waals surface area contributed by atoms with Crippen LogP contribution in [0.4, 0.5) is 43.9 Å². The highest BCUT2D eigenvalue weighted by atomic mass is 19.2. The maximum Gasteiger partial charge on any atom is 0.339 e. The van der Waals surface area contributed by atoms with Crippen LogP contribution in [0, 0.1) is 81.9 Å². The van der Waals surface area contributed by atoms with Crippen molar-refractivity contribution in [3.05, 3.63) is 174 Å². The molecule has 0 saturated carbocycles. The van der Waals surface area contributed by atoms with Gasteiger partial charge in [-0.15, -0.1) is 0 Å². The Morgan fingerprint density at radius 2 is 0.700 bits per heavy atom. The second-order valence-corrected chi connectivity index (χ2v) is 11.8. The molecule has 60 heavy (non-hydrogen) atoms. The first-order valence-electron chi connectivity index (χ1n) is 16.4. The van der Waals surface area contributed by atoms with Crippen molar-refractivity contribution in [2.24, 2.45) is 0 Å². The molecule has 5 rings (SSSR count). The predicted molar refractivity (Wildman–Crippen MR) is 185 cm³/mol. The number of hydrogen-bond acceptors (Lipinski definition) is 8. The molecule has 5 aromatic rings. The standard InChI is InChI=1S/C42H20F10O8/c1-57-39(53)21-9-3-19(4-10-21)7-13-23-15-26(42(56)60-18-28-31(45)35(49)38(52)36(50)32(28)46)24(14-8-20-5-11-22(12-6-20)40(54)58-2)16-25(23)41(55)59-17-27-29(43)33(47)37(51)34(48)30(27)44/h3-6,9-12,15-16H,17-18H2,1-2H3. The van der Waals surface area contributed by atoms with E-state index in [1.807, 2.05) is 0 Å². The maximum absolute atomic E-state index is 14.4. The quantitative estimate of drug-likeness (QED) is 0.0385. The summed E-state index contributed by atoms with van der Waals surface area (Å²) in [6.07, 6.45) is 0. The van der Waals surface area contributed by atoms with Crippen LogP contribution in [0.2, 0.25) is 0 Å². The number of benzene rings is 5. The number of carbonyl (C=O) groups is 4. The largest absolute Gasteiger partial charge is 0.465 e. The van der Waals surface area contributed by atoms with Crippen molar-refractivity contribution in [1.82, 2.24) is 0 Å². The minimum Gasteiger partial charge on any atom is -0.465 e. The number of hydrogen-bond donors (Lipinski definition) is 0. The molecule has 306 valence electrons. The van der Waals surface area contributed by atoms with Crippen LogP contribution in [-0.2, 0) is 32.2 Å². The molecule has 0 amide bonds. The fourth-order valence-corrected chi connectivity index (χ4v) is 5.02. The minimum absolute atomic E-state index is 0.0992. The van der Waals surface area contributed by atoms with Gasteiger partial charge in [-0.25, -0.2) is 63.1 Å². The number of ether oxygens (including phenoxy) is 4. The summed E-state index contributed by atoms with van der Waals surface area (Å²) < 4.78 is 160. The van der Waals surface area contributed by atoms with E-state index in [2.05, 4.69) is 33.2 Å². The zero-order chi connectivity index (χ0) is 44.0. The zero-order valence-corrected chi connectivity index (χ0v) is 30.2. The van der Waals surface area contributed by atoms with Crippen LogP contribution in [0.3, 0.4) is 0 Å². The topological polar surface area (TPSA) is 105 Å². The third-order valence-electron chi connectivity index (χ3n) is 8.19. The van der Waals surface area contributed by atoms with Gasteiger partial charge in [-0.1, -0.05) is 23.7 Å². The molecule has 0 aliphatic rings. The Hall–Kier alpha value is -7.60. The average Bonchev–Trinajstić information content (AvgIpc) is 3.26. The normalized spacial score (nSPS) is 10.5. The molecule has 0 unspecified atom stereocenters. The lowest BCUT2D eigenvalue weighted by Gasteiger charge is -2.13. The molecular weight excluding hydrogens is 822 g/mol. The van der Waals surface area contributed by atoms with Gasteiger partial charge in [-0.05, 0) is 60.7 Å². The number of esters is 4. The van der Waals surface area contributed by atoms with Crippen LogP contribution in [-0.4, -0.2) is 38.1 Å². The van der Waals surface area contributed by atoms with Gasteiger partial charge >= 0.3 is 23.9 Å². The van der Waals surface area contributed by atoms with Gasteiger partial charge in [0.25, 0.3) is 0 Å². The van der Waals surface area contributed by atoms with Crippen LogP contribution >= 0.6 is 0 Å². The van der Waals surface area contributed by atoms with Crippen molar-refractivity contribution in [3.8, 4) is 23.7 Å². The van der Waals surface area contributed by atoms with E-state index < -0.39 is 129 Å². The van der Waals surface area contributed by atoms with Crippen molar-refractivity contribution in [1.29, 1.82) is 0 Å². The fraction of sp³-hybridized carbons (Fsp3) is 0.0952. The van der Waals surface area contributed by atoms with E-state index in [-0.39, 0.29) is 22.3 Å². The lowest BCUT2D eigenvalue weighted by atomic mass is 9.97. The Labute approximate surface area is 331 Å². The van der Waals surface area contributed by atoms with Crippen LogP contribution < -0.4 is 0 Å². The van der Waals surface area contributed by atoms with Crippen LogP contribution in [0.25, 0.3) is 0 Å². The molecule has 0 aliphatic carbocycles. The van der Waals surface area contributed by atoms with E-state index in [0.717, 1.165) is 26.4 Å². The van der Waals surface area contributed by atoms with Gasteiger partial charge in [-0.3, -0.25) is 0 Å².